The summed E-state index contributed by atoms with van der Waals surface area (Å²) >= 11 is 0. The van der Waals surface area contributed by atoms with Gasteiger partial charge in [-0.3, -0.25) is 14.4 Å². The molecule has 0 saturated carbocycles. The minimum atomic E-state index is -0.576. The van der Waals surface area contributed by atoms with Crippen LogP contribution in [0.5, 0.6) is 0 Å². The number of ketones is 2. The van der Waals surface area contributed by atoms with Crippen molar-refractivity contribution in [1.82, 2.24) is 5.32 Å². The normalized spacial score (nSPS) is 13.1. The lowest BCUT2D eigenvalue weighted by Crippen LogP contribution is -2.42. The molecule has 0 spiro atoms. The van der Waals surface area contributed by atoms with Gasteiger partial charge in [0.05, 0.1) is 11.6 Å². The maximum absolute atomic E-state index is 13.0. The molecule has 0 heterocycles. The molecule has 1 aliphatic rings. The third-order valence-electron chi connectivity index (χ3n) is 5.81. The van der Waals surface area contributed by atoms with E-state index in [0.717, 1.165) is 18.4 Å². The Morgan fingerprint density at radius 2 is 1.39 bits per heavy atom. The average molecular weight is 442 g/mol. The van der Waals surface area contributed by atoms with E-state index in [0.29, 0.717) is 47.5 Å². The second kappa shape index (κ2) is 10.2. The molecule has 0 fully saturated rings. The Morgan fingerprint density at radius 3 is 2.15 bits per heavy atom. The van der Waals surface area contributed by atoms with Crippen molar-refractivity contribution in [3.63, 3.8) is 0 Å². The largest absolute Gasteiger partial charge is 0.384 e. The van der Waals surface area contributed by atoms with E-state index in [9.17, 15) is 14.4 Å². The number of anilines is 1. The first-order valence-corrected chi connectivity index (χ1v) is 11.2. The van der Waals surface area contributed by atoms with Gasteiger partial charge in [0.15, 0.2) is 11.6 Å². The van der Waals surface area contributed by atoms with Crippen LogP contribution in [-0.2, 0) is 11.2 Å². The Hall–Kier alpha value is -3.77. The molecule has 168 valence electrons. The van der Waals surface area contributed by atoms with E-state index >= 15 is 0 Å². The maximum atomic E-state index is 13.0. The average Bonchev–Trinajstić information content (AvgIpc) is 2.85. The molecule has 0 aliphatic heterocycles. The number of carbonyl (C=O) groups excluding carboxylic acids is 3. The Kier molecular flexibility index (Phi) is 6.95. The summed E-state index contributed by atoms with van der Waals surface area (Å²) in [6.07, 6.45) is 2.06. The first-order valence-electron chi connectivity index (χ1n) is 11.2. The van der Waals surface area contributed by atoms with Crippen molar-refractivity contribution in [1.29, 1.82) is 0 Å². The van der Waals surface area contributed by atoms with Gasteiger partial charge in [-0.2, -0.15) is 0 Å². The predicted molar refractivity (Wildman–Crippen MR) is 129 cm³/mol. The van der Waals surface area contributed by atoms with Gasteiger partial charge < -0.3 is 16.4 Å². The van der Waals surface area contributed by atoms with E-state index in [1.54, 1.807) is 36.4 Å². The Balaban J connectivity index is 1.26. The number of rotatable bonds is 9. The number of fused-ring (bicyclic) bond motifs is 2. The molecular weight excluding hydrogens is 414 g/mol. The molecule has 6 nitrogen and oxygen atoms in total. The van der Waals surface area contributed by atoms with Crippen LogP contribution in [0.15, 0.2) is 72.8 Å². The van der Waals surface area contributed by atoms with Gasteiger partial charge in [-0.25, -0.2) is 0 Å². The van der Waals surface area contributed by atoms with E-state index in [4.69, 9.17) is 5.73 Å². The van der Waals surface area contributed by atoms with Gasteiger partial charge >= 0.3 is 0 Å². The molecule has 6 heteroatoms. The van der Waals surface area contributed by atoms with Crippen molar-refractivity contribution in [2.75, 3.05) is 18.4 Å². The van der Waals surface area contributed by atoms with Gasteiger partial charge in [0.1, 0.15) is 0 Å². The van der Waals surface area contributed by atoms with Gasteiger partial charge in [-0.15, -0.1) is 0 Å². The van der Waals surface area contributed by atoms with Gasteiger partial charge in [0, 0.05) is 35.5 Å². The molecule has 1 amide bonds. The van der Waals surface area contributed by atoms with Crippen LogP contribution in [0.1, 0.15) is 50.2 Å². The summed E-state index contributed by atoms with van der Waals surface area (Å²) in [5.74, 6) is -0.423. The molecule has 1 atom stereocenters. The number of hydrogen-bond acceptors (Lipinski definition) is 5. The second-order valence-electron chi connectivity index (χ2n) is 8.15. The number of nitrogens with one attached hydrogen (secondary N) is 2. The molecule has 0 bridgehead atoms. The summed E-state index contributed by atoms with van der Waals surface area (Å²) in [6, 6.07) is 21.4. The van der Waals surface area contributed by atoms with Crippen molar-refractivity contribution in [3.05, 3.63) is 101 Å². The standard InChI is InChI=1S/C27H27N3O3/c28-22(17-18-9-2-1-3-10-18)27(33)30-16-7-6-15-29-23-14-8-13-21-24(23)26(32)20-12-5-4-11-19(20)25(21)31/h1-5,8-14,22,29H,6-7,15-17,28H2,(H,30,33)/t22-/m1/s1. The lowest BCUT2D eigenvalue weighted by atomic mass is 9.83. The van der Waals surface area contributed by atoms with Crippen LogP contribution < -0.4 is 16.4 Å². The summed E-state index contributed by atoms with van der Waals surface area (Å²) < 4.78 is 0. The van der Waals surface area contributed by atoms with Crippen LogP contribution in [0.25, 0.3) is 0 Å². The molecule has 0 saturated heterocycles. The summed E-state index contributed by atoms with van der Waals surface area (Å²) in [4.78, 5) is 38.1. The van der Waals surface area contributed by atoms with Gasteiger partial charge in [0.2, 0.25) is 5.91 Å². The third kappa shape index (κ3) is 5.02. The molecule has 4 N–H and O–H groups in total. The van der Waals surface area contributed by atoms with Crippen molar-refractivity contribution in [3.8, 4) is 0 Å². The summed E-state index contributed by atoms with van der Waals surface area (Å²) in [5.41, 5.74) is 9.46. The van der Waals surface area contributed by atoms with Gasteiger partial charge in [-0.05, 0) is 30.9 Å². The molecule has 0 unspecified atom stereocenters. The number of amides is 1. The van der Waals surface area contributed by atoms with Crippen LogP contribution in [0.4, 0.5) is 5.69 Å². The van der Waals surface area contributed by atoms with Gasteiger partial charge in [-0.1, -0.05) is 66.7 Å². The number of benzene rings is 3. The quantitative estimate of drug-likeness (QED) is 0.346. The molecule has 3 aromatic carbocycles. The first kappa shape index (κ1) is 22.4. The highest BCUT2D eigenvalue weighted by molar-refractivity contribution is 6.30. The molecule has 3 aromatic rings. The smallest absolute Gasteiger partial charge is 0.237 e. The molecule has 0 radical (unpaired) electrons. The molecule has 1 aliphatic carbocycles. The Bertz CT molecular complexity index is 1170. The third-order valence-corrected chi connectivity index (χ3v) is 5.81. The van der Waals surface area contributed by atoms with Crippen molar-refractivity contribution < 1.29 is 14.4 Å². The van der Waals surface area contributed by atoms with E-state index < -0.39 is 6.04 Å². The number of nitrogens with two attached hydrogens (primary N) is 1. The van der Waals surface area contributed by atoms with E-state index in [-0.39, 0.29) is 17.5 Å². The predicted octanol–water partition coefficient (Wildman–Crippen LogP) is 3.34. The van der Waals surface area contributed by atoms with Crippen LogP contribution in [0, 0.1) is 0 Å². The summed E-state index contributed by atoms with van der Waals surface area (Å²) in [6.45, 7) is 1.15. The lowest BCUT2D eigenvalue weighted by molar-refractivity contribution is -0.122. The van der Waals surface area contributed by atoms with Crippen LogP contribution in [-0.4, -0.2) is 36.6 Å². The van der Waals surface area contributed by atoms with Crippen molar-refractivity contribution in [2.24, 2.45) is 5.73 Å². The Morgan fingerprint density at radius 1 is 0.758 bits per heavy atom. The minimum absolute atomic E-state index is 0.126. The zero-order valence-corrected chi connectivity index (χ0v) is 18.3. The van der Waals surface area contributed by atoms with Crippen LogP contribution >= 0.6 is 0 Å². The maximum Gasteiger partial charge on any atom is 0.237 e. The highest BCUT2D eigenvalue weighted by Crippen LogP contribution is 2.31. The van der Waals surface area contributed by atoms with Crippen molar-refractivity contribution in [2.45, 2.75) is 25.3 Å². The number of unbranched alkanes of at least 4 members (excludes halogenated alkanes) is 1. The SMILES string of the molecule is N[C@H](Cc1ccccc1)C(=O)NCCCCNc1cccc2c1C(=O)c1ccccc1C2=O. The summed E-state index contributed by atoms with van der Waals surface area (Å²) in [5, 5.41) is 6.17. The zero-order valence-electron chi connectivity index (χ0n) is 18.3. The zero-order chi connectivity index (χ0) is 23.2. The number of carbonyl (C=O) groups is 3. The fourth-order valence-electron chi connectivity index (χ4n) is 4.07. The monoisotopic (exact) mass is 441 g/mol. The number of hydrogen-bond donors (Lipinski definition) is 3. The molecule has 4 rings (SSSR count). The Labute approximate surface area is 193 Å². The van der Waals surface area contributed by atoms with Crippen LogP contribution in [0.2, 0.25) is 0 Å². The van der Waals surface area contributed by atoms with E-state index in [1.165, 1.54) is 0 Å². The topological polar surface area (TPSA) is 101 Å². The fraction of sp³-hybridized carbons (Fsp3) is 0.222. The second-order valence-corrected chi connectivity index (χ2v) is 8.15. The minimum Gasteiger partial charge on any atom is -0.384 e. The lowest BCUT2D eigenvalue weighted by Gasteiger charge is -2.20. The van der Waals surface area contributed by atoms with Gasteiger partial charge in [0.25, 0.3) is 0 Å². The highest BCUT2D eigenvalue weighted by Gasteiger charge is 2.31. The van der Waals surface area contributed by atoms with Crippen LogP contribution in [0.3, 0.4) is 0 Å². The highest BCUT2D eigenvalue weighted by atomic mass is 16.2. The fourth-order valence-corrected chi connectivity index (χ4v) is 4.07. The van der Waals surface area contributed by atoms with Crippen molar-refractivity contribution >= 4 is 23.2 Å². The van der Waals surface area contributed by atoms with E-state index in [1.807, 2.05) is 36.4 Å². The summed E-state index contributed by atoms with van der Waals surface area (Å²) in [7, 11) is 0. The molecular formula is C27H27N3O3. The molecule has 0 aromatic heterocycles. The van der Waals surface area contributed by atoms with E-state index in [2.05, 4.69) is 10.6 Å². The molecule has 33 heavy (non-hydrogen) atoms. The first-order chi connectivity index (χ1) is 16.1.